The summed E-state index contributed by atoms with van der Waals surface area (Å²) in [6.45, 7) is 2.28. The Kier molecular flexibility index (Phi) is 4.69. The maximum absolute atomic E-state index is 10.9. The van der Waals surface area contributed by atoms with Crippen LogP contribution in [-0.2, 0) is 12.8 Å². The fourth-order valence-corrected chi connectivity index (χ4v) is 3.09. The number of benzene rings is 2. The Labute approximate surface area is 135 Å². The molecule has 2 aromatic carbocycles. The molecule has 1 heterocycles. The summed E-state index contributed by atoms with van der Waals surface area (Å²) in [5, 5.41) is 21.3. The van der Waals surface area contributed by atoms with Gasteiger partial charge in [-0.05, 0) is 29.5 Å². The zero-order valence-electron chi connectivity index (χ0n) is 12.9. The Hall–Kier alpha value is -2.24. The third kappa shape index (κ3) is 3.75. The molecule has 1 aliphatic rings. The van der Waals surface area contributed by atoms with E-state index in [9.17, 15) is 15.2 Å². The minimum absolute atomic E-state index is 0.0184. The molecule has 0 saturated heterocycles. The molecule has 3 rings (SSSR count). The van der Waals surface area contributed by atoms with Gasteiger partial charge >= 0.3 is 0 Å². The number of nitro benzene ring substituents is 1. The lowest BCUT2D eigenvalue weighted by molar-refractivity contribution is -0.385. The van der Waals surface area contributed by atoms with Crippen LogP contribution >= 0.6 is 0 Å². The molecule has 5 nitrogen and oxygen atoms in total. The van der Waals surface area contributed by atoms with Crippen LogP contribution in [0.5, 0.6) is 0 Å². The summed E-state index contributed by atoms with van der Waals surface area (Å²) in [7, 11) is 0. The van der Waals surface area contributed by atoms with Crippen LogP contribution in [0.3, 0.4) is 0 Å². The van der Waals surface area contributed by atoms with Gasteiger partial charge in [0, 0.05) is 31.8 Å². The highest BCUT2D eigenvalue weighted by atomic mass is 16.6. The van der Waals surface area contributed by atoms with E-state index in [1.807, 2.05) is 0 Å². The molecule has 23 heavy (non-hydrogen) atoms. The Bertz CT molecular complexity index is 675. The van der Waals surface area contributed by atoms with E-state index in [-0.39, 0.29) is 5.69 Å². The minimum atomic E-state index is -0.712. The summed E-state index contributed by atoms with van der Waals surface area (Å²) in [6, 6.07) is 14.7. The number of fused-ring (bicyclic) bond motifs is 1. The monoisotopic (exact) mass is 312 g/mol. The number of hydrogen-bond acceptors (Lipinski definition) is 4. The first kappa shape index (κ1) is 15.6. The van der Waals surface area contributed by atoms with Gasteiger partial charge in [-0.2, -0.15) is 0 Å². The number of nitrogens with zero attached hydrogens (tertiary/aromatic N) is 2. The molecule has 1 unspecified atom stereocenters. The highest BCUT2D eigenvalue weighted by Gasteiger charge is 2.18. The van der Waals surface area contributed by atoms with E-state index < -0.39 is 11.0 Å². The van der Waals surface area contributed by atoms with Crippen LogP contribution in [0.1, 0.15) is 22.8 Å². The van der Waals surface area contributed by atoms with Crippen LogP contribution in [0.4, 0.5) is 5.69 Å². The molecular formula is C18H20N2O3. The number of rotatable bonds is 4. The Morgan fingerprint density at radius 1 is 1.09 bits per heavy atom. The second-order valence-electron chi connectivity index (χ2n) is 5.94. The predicted molar refractivity (Wildman–Crippen MR) is 88.3 cm³/mol. The van der Waals surface area contributed by atoms with Gasteiger partial charge in [-0.3, -0.25) is 15.0 Å². The van der Waals surface area contributed by atoms with Crippen molar-refractivity contribution in [2.24, 2.45) is 0 Å². The normalized spacial score (nSPS) is 16.4. The maximum Gasteiger partial charge on any atom is 0.269 e. The molecule has 0 amide bonds. The molecule has 0 aliphatic carbocycles. The molecule has 0 aromatic heterocycles. The first-order valence-electron chi connectivity index (χ1n) is 7.85. The van der Waals surface area contributed by atoms with Gasteiger partial charge < -0.3 is 5.11 Å². The summed E-state index contributed by atoms with van der Waals surface area (Å²) < 4.78 is 0. The van der Waals surface area contributed by atoms with Crippen molar-refractivity contribution in [3.05, 3.63) is 75.3 Å². The third-order valence-electron chi connectivity index (χ3n) is 4.41. The lowest BCUT2D eigenvalue weighted by Gasteiger charge is -2.23. The van der Waals surface area contributed by atoms with Crippen LogP contribution in [0, 0.1) is 10.1 Å². The number of nitro groups is 1. The number of non-ortho nitro benzene ring substituents is 1. The Morgan fingerprint density at radius 3 is 2.35 bits per heavy atom. The molecular weight excluding hydrogens is 292 g/mol. The molecule has 0 fully saturated rings. The van der Waals surface area contributed by atoms with Crippen LogP contribution in [0.15, 0.2) is 48.5 Å². The van der Waals surface area contributed by atoms with Crippen molar-refractivity contribution in [1.29, 1.82) is 0 Å². The van der Waals surface area contributed by atoms with Gasteiger partial charge in [-0.15, -0.1) is 0 Å². The molecule has 0 radical (unpaired) electrons. The third-order valence-corrected chi connectivity index (χ3v) is 4.41. The van der Waals surface area contributed by atoms with Gasteiger partial charge in [0.05, 0.1) is 11.0 Å². The van der Waals surface area contributed by atoms with Gasteiger partial charge in [0.2, 0.25) is 0 Å². The predicted octanol–water partition coefficient (Wildman–Crippen LogP) is 2.73. The molecule has 1 N–H and O–H groups in total. The molecule has 120 valence electrons. The zero-order chi connectivity index (χ0) is 16.2. The van der Waals surface area contributed by atoms with Crippen molar-refractivity contribution in [3.8, 4) is 0 Å². The van der Waals surface area contributed by atoms with Crippen LogP contribution < -0.4 is 0 Å². The number of β-amino-alcohol motifs (C(OH)–C–C–N with tert-alkyl or cyclic N) is 1. The second kappa shape index (κ2) is 6.89. The molecule has 0 bridgehead atoms. The topological polar surface area (TPSA) is 66.6 Å². The van der Waals surface area contributed by atoms with Crippen molar-refractivity contribution < 1.29 is 10.0 Å². The van der Waals surface area contributed by atoms with E-state index in [2.05, 4.69) is 29.2 Å². The van der Waals surface area contributed by atoms with Crippen molar-refractivity contribution >= 4 is 5.69 Å². The highest BCUT2D eigenvalue weighted by Crippen LogP contribution is 2.22. The van der Waals surface area contributed by atoms with Crippen LogP contribution in [0.25, 0.3) is 0 Å². The molecule has 2 aromatic rings. The van der Waals surface area contributed by atoms with Gasteiger partial charge in [-0.25, -0.2) is 0 Å². The Balaban J connectivity index is 1.66. The quantitative estimate of drug-likeness (QED) is 0.696. The van der Waals surface area contributed by atoms with Crippen molar-refractivity contribution in [2.45, 2.75) is 18.9 Å². The van der Waals surface area contributed by atoms with Crippen LogP contribution in [0.2, 0.25) is 0 Å². The average Bonchev–Trinajstić information content (AvgIpc) is 2.78. The van der Waals surface area contributed by atoms with E-state index in [1.165, 1.54) is 23.3 Å². The Morgan fingerprint density at radius 2 is 1.74 bits per heavy atom. The van der Waals surface area contributed by atoms with E-state index in [0.29, 0.717) is 12.1 Å². The van der Waals surface area contributed by atoms with E-state index in [4.69, 9.17) is 0 Å². The first-order valence-corrected chi connectivity index (χ1v) is 7.85. The lowest BCUT2D eigenvalue weighted by atomic mass is 10.0. The molecule has 1 atom stereocenters. The zero-order valence-corrected chi connectivity index (χ0v) is 12.9. The summed E-state index contributed by atoms with van der Waals surface area (Å²) in [5.41, 5.74) is 3.37. The number of hydrogen-bond donors (Lipinski definition) is 1. The summed E-state index contributed by atoms with van der Waals surface area (Å²) in [5.74, 6) is 0. The van der Waals surface area contributed by atoms with Crippen molar-refractivity contribution in [3.63, 3.8) is 0 Å². The standard InChI is InChI=1S/C18H20N2O3/c21-18(16-6-3-7-17(12-16)20(22)23)13-19-10-8-14-4-1-2-5-15(14)9-11-19/h1-7,12,18,21H,8-11,13H2. The minimum Gasteiger partial charge on any atom is -0.387 e. The SMILES string of the molecule is O=[N+]([O-])c1cccc(C(O)CN2CCc3ccccc3CC2)c1. The van der Waals surface area contributed by atoms with E-state index >= 15 is 0 Å². The largest absolute Gasteiger partial charge is 0.387 e. The van der Waals surface area contributed by atoms with Crippen molar-refractivity contribution in [1.82, 2.24) is 4.90 Å². The van der Waals surface area contributed by atoms with Gasteiger partial charge in [0.1, 0.15) is 0 Å². The summed E-state index contributed by atoms with van der Waals surface area (Å²) in [6.07, 6.45) is 1.23. The van der Waals surface area contributed by atoms with E-state index in [0.717, 1.165) is 25.9 Å². The second-order valence-corrected chi connectivity index (χ2v) is 5.94. The average molecular weight is 312 g/mol. The van der Waals surface area contributed by atoms with Gasteiger partial charge in [0.15, 0.2) is 0 Å². The van der Waals surface area contributed by atoms with Crippen molar-refractivity contribution in [2.75, 3.05) is 19.6 Å². The first-order chi connectivity index (χ1) is 11.1. The smallest absolute Gasteiger partial charge is 0.269 e. The maximum atomic E-state index is 10.9. The number of aliphatic hydroxyl groups excluding tert-OH is 1. The molecule has 1 aliphatic heterocycles. The number of aliphatic hydroxyl groups is 1. The lowest BCUT2D eigenvalue weighted by Crippen LogP contribution is -2.31. The highest BCUT2D eigenvalue weighted by molar-refractivity contribution is 5.35. The molecule has 5 heteroatoms. The van der Waals surface area contributed by atoms with E-state index in [1.54, 1.807) is 12.1 Å². The summed E-state index contributed by atoms with van der Waals surface area (Å²) >= 11 is 0. The van der Waals surface area contributed by atoms with Crippen LogP contribution in [-0.4, -0.2) is 34.6 Å². The molecule has 0 saturated carbocycles. The van der Waals surface area contributed by atoms with Gasteiger partial charge in [-0.1, -0.05) is 36.4 Å². The summed E-state index contributed by atoms with van der Waals surface area (Å²) in [4.78, 5) is 12.6. The molecule has 0 spiro atoms. The fourth-order valence-electron chi connectivity index (χ4n) is 3.09. The fraction of sp³-hybridized carbons (Fsp3) is 0.333. The van der Waals surface area contributed by atoms with Gasteiger partial charge in [0.25, 0.3) is 5.69 Å².